The van der Waals surface area contributed by atoms with Crippen molar-refractivity contribution in [2.24, 2.45) is 17.8 Å². The van der Waals surface area contributed by atoms with Crippen LogP contribution in [0.3, 0.4) is 0 Å². The number of ether oxygens (including phenoxy) is 1. The van der Waals surface area contributed by atoms with E-state index in [9.17, 15) is 9.18 Å². The lowest BCUT2D eigenvalue weighted by atomic mass is 9.48. The lowest BCUT2D eigenvalue weighted by Gasteiger charge is -2.57. The van der Waals surface area contributed by atoms with Crippen LogP contribution in [0.1, 0.15) is 56.6 Å². The molecule has 0 atom stereocenters. The number of thiocarbonyl (C=S) groups is 1. The molecule has 0 N–H and O–H groups in total. The zero-order valence-corrected chi connectivity index (χ0v) is 21.9. The first-order valence-corrected chi connectivity index (χ1v) is 14.0. The third-order valence-corrected chi connectivity index (χ3v) is 9.79. The monoisotopic (exact) mass is 527 g/mol. The molecule has 4 bridgehead atoms. The molecule has 182 valence electrons. The molecule has 2 aromatic rings. The van der Waals surface area contributed by atoms with Gasteiger partial charge in [-0.25, -0.2) is 4.39 Å². The van der Waals surface area contributed by atoms with Gasteiger partial charge in [0.15, 0.2) is 4.32 Å². The highest BCUT2D eigenvalue weighted by Crippen LogP contribution is 2.61. The van der Waals surface area contributed by atoms with Gasteiger partial charge in [-0.1, -0.05) is 41.6 Å². The summed E-state index contributed by atoms with van der Waals surface area (Å²) in [4.78, 5) is 15.3. The molecule has 2 aromatic carbocycles. The number of carbonyl (C=O) groups excluding carboxylic acids is 1. The summed E-state index contributed by atoms with van der Waals surface area (Å²) in [7, 11) is 0. The second-order valence-electron chi connectivity index (χ2n) is 10.5. The molecule has 1 amide bonds. The van der Waals surface area contributed by atoms with Crippen molar-refractivity contribution < 1.29 is 13.9 Å². The smallest absolute Gasteiger partial charge is 0.270 e. The Morgan fingerprint density at radius 1 is 1.14 bits per heavy atom. The molecular formula is C28H27ClFNO2S2. The minimum Gasteiger partial charge on any atom is -0.493 e. The van der Waals surface area contributed by atoms with Crippen molar-refractivity contribution >= 4 is 57.6 Å². The fourth-order valence-electron chi connectivity index (χ4n) is 7.20. The van der Waals surface area contributed by atoms with Crippen LogP contribution < -0.4 is 9.64 Å². The predicted molar refractivity (Wildman–Crippen MR) is 145 cm³/mol. The number of thioether (sulfide) groups is 1. The van der Waals surface area contributed by atoms with Crippen LogP contribution in [0, 0.1) is 23.6 Å². The maximum atomic E-state index is 13.7. The van der Waals surface area contributed by atoms with Gasteiger partial charge in [-0.2, -0.15) is 0 Å². The molecule has 7 rings (SSSR count). The van der Waals surface area contributed by atoms with Gasteiger partial charge in [-0.05, 0) is 111 Å². The SMILES string of the molecule is CCOc1ccc(C23CC4CC(CC(C4)C2)C3)cc1/C=C1/SC(=S)N(c2ccc(F)c(Cl)c2)C1=O. The first-order chi connectivity index (χ1) is 16.8. The number of hydrogen-bond donors (Lipinski definition) is 0. The van der Waals surface area contributed by atoms with Crippen molar-refractivity contribution in [1.82, 2.24) is 0 Å². The summed E-state index contributed by atoms with van der Waals surface area (Å²) in [6.45, 7) is 2.51. The average Bonchev–Trinajstić information content (AvgIpc) is 3.09. The summed E-state index contributed by atoms with van der Waals surface area (Å²) in [5.41, 5.74) is 3.02. The number of rotatable bonds is 5. The fourth-order valence-corrected chi connectivity index (χ4v) is 8.66. The van der Waals surface area contributed by atoms with Crippen molar-refractivity contribution in [3.8, 4) is 5.75 Å². The Labute approximate surface area is 220 Å². The minimum absolute atomic E-state index is 0.0394. The molecule has 3 nitrogen and oxygen atoms in total. The van der Waals surface area contributed by atoms with Crippen LogP contribution in [0.5, 0.6) is 5.75 Å². The maximum absolute atomic E-state index is 13.7. The number of nitrogens with zero attached hydrogens (tertiary/aromatic N) is 1. The highest BCUT2D eigenvalue weighted by molar-refractivity contribution is 8.27. The van der Waals surface area contributed by atoms with E-state index in [1.807, 2.05) is 13.0 Å². The van der Waals surface area contributed by atoms with Gasteiger partial charge in [0.05, 0.1) is 22.2 Å². The third-order valence-electron chi connectivity index (χ3n) is 8.20. The van der Waals surface area contributed by atoms with Gasteiger partial charge in [0.25, 0.3) is 5.91 Å². The largest absolute Gasteiger partial charge is 0.493 e. The first-order valence-electron chi connectivity index (χ1n) is 12.4. The maximum Gasteiger partial charge on any atom is 0.270 e. The van der Waals surface area contributed by atoms with Gasteiger partial charge in [-0.15, -0.1) is 0 Å². The van der Waals surface area contributed by atoms with E-state index in [1.54, 1.807) is 0 Å². The second-order valence-corrected chi connectivity index (χ2v) is 12.6. The normalized spacial score (nSPS) is 30.5. The summed E-state index contributed by atoms with van der Waals surface area (Å²) in [6.07, 6.45) is 9.94. The highest BCUT2D eigenvalue weighted by atomic mass is 35.5. The van der Waals surface area contributed by atoms with Gasteiger partial charge in [0, 0.05) is 5.56 Å². The fraction of sp³-hybridized carbons (Fsp3) is 0.429. The lowest BCUT2D eigenvalue weighted by molar-refractivity contribution is -0.113. The third kappa shape index (κ3) is 4.11. The molecule has 7 heteroatoms. The molecule has 0 spiro atoms. The zero-order valence-electron chi connectivity index (χ0n) is 19.6. The van der Waals surface area contributed by atoms with E-state index in [1.165, 1.54) is 78.9 Å². The van der Waals surface area contributed by atoms with Crippen LogP contribution in [0.2, 0.25) is 5.02 Å². The number of halogens is 2. The Morgan fingerprint density at radius 2 is 1.83 bits per heavy atom. The van der Waals surface area contributed by atoms with Crippen LogP contribution in [0.25, 0.3) is 6.08 Å². The number of benzene rings is 2. The van der Waals surface area contributed by atoms with Gasteiger partial charge >= 0.3 is 0 Å². The Morgan fingerprint density at radius 3 is 2.46 bits per heavy atom. The van der Waals surface area contributed by atoms with Gasteiger partial charge in [0.1, 0.15) is 11.6 Å². The molecule has 0 unspecified atom stereocenters. The highest BCUT2D eigenvalue weighted by Gasteiger charge is 2.51. The summed E-state index contributed by atoms with van der Waals surface area (Å²) < 4.78 is 20.0. The number of amides is 1. The van der Waals surface area contributed by atoms with E-state index >= 15 is 0 Å². The van der Waals surface area contributed by atoms with E-state index in [4.69, 9.17) is 28.6 Å². The van der Waals surface area contributed by atoms with Crippen molar-refractivity contribution in [3.05, 3.63) is 63.3 Å². The van der Waals surface area contributed by atoms with Gasteiger partial charge in [0.2, 0.25) is 0 Å². The molecule has 35 heavy (non-hydrogen) atoms. The molecule has 4 saturated carbocycles. The summed E-state index contributed by atoms with van der Waals surface area (Å²) in [5.74, 6) is 2.58. The first kappa shape index (κ1) is 23.5. The van der Waals surface area contributed by atoms with Crippen LogP contribution in [-0.4, -0.2) is 16.8 Å². The van der Waals surface area contributed by atoms with Gasteiger partial charge in [-0.3, -0.25) is 9.69 Å². The van der Waals surface area contributed by atoms with Crippen molar-refractivity contribution in [2.75, 3.05) is 11.5 Å². The van der Waals surface area contributed by atoms with Crippen LogP contribution in [0.15, 0.2) is 41.3 Å². The molecule has 4 aliphatic carbocycles. The summed E-state index contributed by atoms with van der Waals surface area (Å²) in [5, 5.41) is -0.0394. The quantitative estimate of drug-likeness (QED) is 0.293. The average molecular weight is 528 g/mol. The molecular weight excluding hydrogens is 501 g/mol. The van der Waals surface area contributed by atoms with E-state index in [0.717, 1.165) is 29.1 Å². The van der Waals surface area contributed by atoms with Crippen LogP contribution >= 0.6 is 35.6 Å². The van der Waals surface area contributed by atoms with Gasteiger partial charge < -0.3 is 4.74 Å². The van der Waals surface area contributed by atoms with Crippen LogP contribution in [0.4, 0.5) is 10.1 Å². The number of hydrogen-bond acceptors (Lipinski definition) is 4. The molecule has 1 heterocycles. The topological polar surface area (TPSA) is 29.5 Å². The van der Waals surface area contributed by atoms with E-state index < -0.39 is 5.82 Å². The predicted octanol–water partition coefficient (Wildman–Crippen LogP) is 7.75. The number of carbonyl (C=O) groups is 1. The van der Waals surface area contributed by atoms with Crippen molar-refractivity contribution in [2.45, 2.75) is 50.9 Å². The molecule has 1 saturated heterocycles. The van der Waals surface area contributed by atoms with E-state index in [0.29, 0.717) is 21.5 Å². The van der Waals surface area contributed by atoms with E-state index in [2.05, 4.69) is 18.2 Å². The molecule has 0 radical (unpaired) electrons. The lowest BCUT2D eigenvalue weighted by Crippen LogP contribution is -2.48. The van der Waals surface area contributed by atoms with Crippen molar-refractivity contribution in [3.63, 3.8) is 0 Å². The Kier molecular flexibility index (Phi) is 5.97. The van der Waals surface area contributed by atoms with Crippen molar-refractivity contribution in [1.29, 1.82) is 0 Å². The molecule has 5 fully saturated rings. The number of anilines is 1. The zero-order chi connectivity index (χ0) is 24.3. The Hall–Kier alpha value is -1.89. The molecule has 5 aliphatic rings. The second kappa shape index (κ2) is 8.89. The Bertz CT molecular complexity index is 1220. The molecule has 1 aliphatic heterocycles. The van der Waals surface area contributed by atoms with Crippen LogP contribution in [-0.2, 0) is 10.2 Å². The summed E-state index contributed by atoms with van der Waals surface area (Å²) in [6, 6.07) is 10.8. The molecule has 0 aromatic heterocycles. The van der Waals surface area contributed by atoms with E-state index in [-0.39, 0.29) is 16.3 Å². The Balaban J connectivity index is 1.36. The standard InChI is InChI=1S/C28H27ClFNO2S2/c1-2-33-24-6-3-20(28-13-16-7-17(14-28)9-18(8-16)15-28)10-19(24)11-25-26(32)31(27(34)35-25)21-4-5-23(30)22(29)12-21/h3-6,10-12,16-18H,2,7-9,13-15H2,1H3/b25-11+. The summed E-state index contributed by atoms with van der Waals surface area (Å²) >= 11 is 12.7. The minimum atomic E-state index is -0.528.